The summed E-state index contributed by atoms with van der Waals surface area (Å²) in [6, 6.07) is 39.4. The van der Waals surface area contributed by atoms with Crippen molar-refractivity contribution in [1.82, 2.24) is 131 Å². The average Bonchev–Trinajstić information content (AvgIpc) is 1.69. The van der Waals surface area contributed by atoms with E-state index in [0.717, 1.165) is 89.5 Å². The molecule has 0 saturated carbocycles. The quantitative estimate of drug-likeness (QED) is 0.0370. The summed E-state index contributed by atoms with van der Waals surface area (Å²) in [5.41, 5.74) is 14.8. The van der Waals surface area contributed by atoms with Gasteiger partial charge in [-0.05, 0) is 164 Å². The molecule has 14 aromatic heterocycles. The Bertz CT molecular complexity index is 6650. The van der Waals surface area contributed by atoms with Crippen molar-refractivity contribution < 1.29 is 36.5 Å². The molecular weight excluding hydrogens is 1520 g/mol. The molecule has 0 amide bonds. The van der Waals surface area contributed by atoms with Crippen molar-refractivity contribution >= 4 is 103 Å². The van der Waals surface area contributed by atoms with Gasteiger partial charge in [-0.15, -0.1) is 10.2 Å². The van der Waals surface area contributed by atoms with Gasteiger partial charge in [0.05, 0.1) is 89.1 Å². The maximum absolute atomic E-state index is 14.5. The van der Waals surface area contributed by atoms with Crippen LogP contribution in [0.2, 0.25) is 0 Å². The van der Waals surface area contributed by atoms with Crippen molar-refractivity contribution in [2.24, 2.45) is 7.05 Å². The van der Waals surface area contributed by atoms with Gasteiger partial charge in [0.25, 0.3) is 11.7 Å². The van der Waals surface area contributed by atoms with Crippen LogP contribution in [0.5, 0.6) is 17.4 Å². The fourth-order valence-electron chi connectivity index (χ4n) is 12.5. The fourth-order valence-corrected chi connectivity index (χ4v) is 12.5. The first-order chi connectivity index (χ1) is 58.1. The number of nitrogens with zero attached hydrogens (tertiary/aromatic N) is 19. The van der Waals surface area contributed by atoms with Crippen molar-refractivity contribution in [3.8, 4) is 74.3 Å². The van der Waals surface area contributed by atoms with Crippen LogP contribution >= 0.6 is 0 Å². The lowest BCUT2D eigenvalue weighted by atomic mass is 10.1. The number of benzene rings is 5. The second-order valence-corrected chi connectivity index (χ2v) is 26.7. The molecule has 19 aromatic rings. The van der Waals surface area contributed by atoms with Gasteiger partial charge < -0.3 is 23.5 Å². The second-order valence-electron chi connectivity index (χ2n) is 26.7. The van der Waals surface area contributed by atoms with E-state index >= 15 is 0 Å². The van der Waals surface area contributed by atoms with Gasteiger partial charge in [0.15, 0.2) is 23.3 Å². The lowest BCUT2D eigenvalue weighted by Crippen LogP contribution is -2.28. The van der Waals surface area contributed by atoms with E-state index in [1.807, 2.05) is 166 Å². The molecule has 0 atom stereocenters. The van der Waals surface area contributed by atoms with Crippen LogP contribution in [0.15, 0.2) is 194 Å². The predicted molar refractivity (Wildman–Crippen MR) is 446 cm³/mol. The molecular formula is C85H73F3N27O4+. The SMILES string of the molecule is CN(C)Cc1nc(-c2cc(F)c3n[nH]c(/C=C/c4cccnc4)c3c2)n[nH]1.COc1c(-c2nc[n+](C)[nH]2)ccc2[nH]nc(/C=C/c3cccnc3)c12.COc1c(-c2nnc(C)o2)ccc2[nH]nc(/C=C/c3cccnc3)c12.COc1ccc2[nH]nc(-c3cccc(F)c3)c2n1.Cc1nc(-c2cc(F)c3n[nH]c(/C=C/c4cccnc4)c3c2)n[nH]1. The summed E-state index contributed by atoms with van der Waals surface area (Å²) in [5.74, 6) is 4.70. The highest BCUT2D eigenvalue weighted by Crippen LogP contribution is 2.40. The largest absolute Gasteiger partial charge is 0.495 e. The van der Waals surface area contributed by atoms with Gasteiger partial charge in [0.1, 0.15) is 58.3 Å². The van der Waals surface area contributed by atoms with Crippen LogP contribution in [0.1, 0.15) is 62.6 Å². The Morgan fingerprint density at radius 2 is 1.00 bits per heavy atom. The number of hydrogen-bond acceptors (Lipinski definition) is 22. The third-order valence-electron chi connectivity index (χ3n) is 18.1. The minimum atomic E-state index is -0.418. The summed E-state index contributed by atoms with van der Waals surface area (Å²) in [4.78, 5) is 35.7. The Kier molecular flexibility index (Phi) is 23.6. The van der Waals surface area contributed by atoms with E-state index in [2.05, 4.69) is 127 Å². The first kappa shape index (κ1) is 78.2. The van der Waals surface area contributed by atoms with Crippen molar-refractivity contribution in [2.75, 3.05) is 35.4 Å². The first-order valence-electron chi connectivity index (χ1n) is 36.7. The van der Waals surface area contributed by atoms with E-state index < -0.39 is 11.6 Å². The first-order valence-corrected chi connectivity index (χ1v) is 36.7. The Morgan fingerprint density at radius 3 is 1.49 bits per heavy atom. The molecule has 0 aliphatic heterocycles. The highest BCUT2D eigenvalue weighted by Gasteiger charge is 2.23. The van der Waals surface area contributed by atoms with Crippen molar-refractivity contribution in [2.45, 2.75) is 20.4 Å². The van der Waals surface area contributed by atoms with Crippen molar-refractivity contribution in [3.63, 3.8) is 0 Å². The Hall–Kier alpha value is -16.1. The second kappa shape index (κ2) is 35.9. The number of hydrogen-bond donors (Lipinski definition) is 8. The number of H-pyrrole nitrogens is 8. The third-order valence-corrected chi connectivity index (χ3v) is 18.1. The molecule has 0 bridgehead atoms. The number of nitrogens with one attached hydrogen (secondary N) is 8. The van der Waals surface area contributed by atoms with Crippen molar-refractivity contribution in [3.05, 3.63) is 269 Å². The zero-order valence-corrected chi connectivity index (χ0v) is 65.0. The number of aromatic nitrogens is 26. The van der Waals surface area contributed by atoms with Gasteiger partial charge in [-0.2, -0.15) is 45.5 Å². The van der Waals surface area contributed by atoms with Crippen LogP contribution in [-0.2, 0) is 13.6 Å². The standard InChI is InChI=1S/C19H18FN7.C18H16N6O.C18H15N5O2.C17H13FN6.C13H10FN3O/c1-27(2)11-17-22-19(26-24-17)13-8-14-16(23-25-18(14)15(20)9-13)6-5-12-4-3-7-21-10-12;1-24-11-20-18(23-24)13-6-8-15-16(17(13)25-2)14(21-22-15)7-5-12-4-3-9-19-10-12;1-11-20-23-18(25-11)13-6-8-15-16(17(13)24-2)14(21-22-15)7-5-12-4-3-9-19-10-12;1-10-20-17(24-21-10)12-7-13-15(22-23-16(13)14(18)8-12)5-4-11-3-2-6-19-9-11;1-18-11-6-5-10-13(15-11)12(17-16-10)8-3-2-4-9(14)7-8/h3-10H,11H2,1-2H3,(H,23,25)(H,22,24,26);3-11H,1-2H3,(H,21,22,23);3-10H,1-2H3,(H,21,22);2-9H,1H3,(H,22,23)(H,20,21,24);2-7H,1H3,(H,16,17)/p+1/b6-5+;2*7-5+;5-4+;. The molecule has 119 heavy (non-hydrogen) atoms. The zero-order valence-electron chi connectivity index (χ0n) is 65.0. The van der Waals surface area contributed by atoms with Crippen molar-refractivity contribution in [1.29, 1.82) is 0 Å². The Labute approximate surface area is 674 Å². The lowest BCUT2D eigenvalue weighted by molar-refractivity contribution is -0.727. The summed E-state index contributed by atoms with van der Waals surface area (Å²) >= 11 is 0. The molecule has 0 radical (unpaired) electrons. The third kappa shape index (κ3) is 18.3. The van der Waals surface area contributed by atoms with Crippen LogP contribution in [0.4, 0.5) is 13.2 Å². The number of aromatic amines is 8. The number of rotatable bonds is 18. The van der Waals surface area contributed by atoms with Gasteiger partial charge in [-0.1, -0.05) is 60.7 Å². The zero-order chi connectivity index (χ0) is 82.3. The monoisotopic (exact) mass is 1590 g/mol. The molecule has 0 unspecified atom stereocenters. The molecule has 8 N–H and O–H groups in total. The molecule has 34 heteroatoms. The number of methoxy groups -OCH3 is 3. The summed E-state index contributed by atoms with van der Waals surface area (Å²) in [6.45, 7) is 4.18. The average molecular weight is 1590 g/mol. The minimum Gasteiger partial charge on any atom is -0.495 e. The van der Waals surface area contributed by atoms with Gasteiger partial charge in [0, 0.05) is 90.0 Å². The highest BCUT2D eigenvalue weighted by atomic mass is 19.1. The fraction of sp³-hybridized carbons (Fsp3) is 0.106. The number of halogens is 3. The van der Waals surface area contributed by atoms with Crippen LogP contribution in [0.3, 0.4) is 0 Å². The number of aryl methyl sites for hydroxylation is 3. The van der Waals surface area contributed by atoms with E-state index in [9.17, 15) is 13.2 Å². The van der Waals surface area contributed by atoms with Crippen LogP contribution < -0.4 is 18.9 Å². The molecule has 5 aromatic carbocycles. The summed E-state index contributed by atoms with van der Waals surface area (Å²) in [5, 5.41) is 64.0. The van der Waals surface area contributed by atoms with E-state index in [1.54, 1.807) is 114 Å². The van der Waals surface area contributed by atoms with Gasteiger partial charge in [-0.3, -0.25) is 55.6 Å². The van der Waals surface area contributed by atoms with Gasteiger partial charge in [0.2, 0.25) is 11.8 Å². The maximum Gasteiger partial charge on any atom is 0.307 e. The van der Waals surface area contributed by atoms with Crippen LogP contribution in [0.25, 0.3) is 160 Å². The van der Waals surface area contributed by atoms with Crippen LogP contribution in [0, 0.1) is 31.3 Å². The van der Waals surface area contributed by atoms with Crippen LogP contribution in [-0.4, -0.2) is 167 Å². The topological polar surface area (TPSA) is 393 Å². The van der Waals surface area contributed by atoms with Gasteiger partial charge >= 0.3 is 6.33 Å². The van der Waals surface area contributed by atoms with E-state index in [4.69, 9.17) is 18.6 Å². The molecule has 0 fully saturated rings. The molecule has 31 nitrogen and oxygen atoms in total. The number of fused-ring (bicyclic) bond motifs is 5. The molecule has 0 saturated heterocycles. The van der Waals surface area contributed by atoms with E-state index in [1.165, 1.54) is 24.3 Å². The van der Waals surface area contributed by atoms with E-state index in [0.29, 0.717) is 97.5 Å². The van der Waals surface area contributed by atoms with Gasteiger partial charge in [-0.25, -0.2) is 28.1 Å². The molecule has 19 rings (SSSR count). The summed E-state index contributed by atoms with van der Waals surface area (Å²) in [7, 11) is 10.6. The lowest BCUT2D eigenvalue weighted by Gasteiger charge is -2.07. The number of ether oxygens (including phenoxy) is 3. The minimum absolute atomic E-state index is 0.286. The summed E-state index contributed by atoms with van der Waals surface area (Å²) in [6.07, 6.45) is 31.0. The maximum atomic E-state index is 14.5. The molecule has 592 valence electrons. The normalized spacial score (nSPS) is 11.5. The molecule has 0 aliphatic carbocycles. The Balaban J connectivity index is 0.000000117. The summed E-state index contributed by atoms with van der Waals surface area (Å²) < 4.78 is 65.8. The molecule has 0 aliphatic rings. The molecule has 14 heterocycles. The van der Waals surface area contributed by atoms with E-state index in [-0.39, 0.29) is 16.9 Å². The number of pyridine rings is 5. The Morgan fingerprint density at radius 1 is 0.471 bits per heavy atom. The highest BCUT2D eigenvalue weighted by molar-refractivity contribution is 6.00. The predicted octanol–water partition coefficient (Wildman–Crippen LogP) is 15.1. The molecule has 0 spiro atoms. The smallest absolute Gasteiger partial charge is 0.307 e.